The molecule has 1 atom stereocenters. The summed E-state index contributed by atoms with van der Waals surface area (Å²) >= 11 is 0. The molecule has 118 valence electrons. The van der Waals surface area contributed by atoms with Crippen LogP contribution in [0.15, 0.2) is 30.3 Å². The Morgan fingerprint density at radius 2 is 1.62 bits per heavy atom. The fourth-order valence-electron chi connectivity index (χ4n) is 1.54. The molecule has 0 aliphatic heterocycles. The molecule has 0 fully saturated rings. The molecule has 21 heavy (non-hydrogen) atoms. The number of halogens is 3. The predicted molar refractivity (Wildman–Crippen MR) is 73.6 cm³/mol. The van der Waals surface area contributed by atoms with Crippen molar-refractivity contribution in [2.75, 3.05) is 0 Å². The smallest absolute Gasteiger partial charge is 0.417 e. The maximum absolute atomic E-state index is 13.3. The standard InChI is InChI=1S/C15H20F3NO2/c1-13(2,3)21-12(20)14(4,15(16,17)18)19-10-11-8-6-5-7-9-11/h5-9,19H,10H2,1-4H3. The topological polar surface area (TPSA) is 38.3 Å². The molecule has 1 N–H and O–H groups in total. The molecule has 0 aliphatic rings. The molecule has 0 spiro atoms. The minimum absolute atomic E-state index is 0.0872. The zero-order valence-electron chi connectivity index (χ0n) is 12.5. The van der Waals surface area contributed by atoms with E-state index >= 15 is 0 Å². The number of esters is 1. The molecule has 1 rings (SSSR count). The number of hydrogen-bond acceptors (Lipinski definition) is 3. The van der Waals surface area contributed by atoms with Gasteiger partial charge in [0.05, 0.1) is 0 Å². The molecule has 0 aliphatic carbocycles. The molecule has 0 radical (unpaired) electrons. The molecule has 0 bridgehead atoms. The Bertz CT molecular complexity index is 480. The second kappa shape index (κ2) is 6.05. The van der Waals surface area contributed by atoms with Gasteiger partial charge >= 0.3 is 12.1 Å². The second-order valence-corrected chi connectivity index (χ2v) is 5.96. The van der Waals surface area contributed by atoms with Gasteiger partial charge in [-0.3, -0.25) is 5.32 Å². The van der Waals surface area contributed by atoms with Crippen LogP contribution in [0.25, 0.3) is 0 Å². The van der Waals surface area contributed by atoms with Gasteiger partial charge in [0.2, 0.25) is 5.54 Å². The zero-order chi connectivity index (χ0) is 16.3. The second-order valence-electron chi connectivity index (χ2n) is 5.96. The summed E-state index contributed by atoms with van der Waals surface area (Å²) in [5.74, 6) is -1.33. The lowest BCUT2D eigenvalue weighted by Gasteiger charge is -2.33. The maximum Gasteiger partial charge on any atom is 0.417 e. The third kappa shape index (κ3) is 4.74. The van der Waals surface area contributed by atoms with E-state index in [9.17, 15) is 18.0 Å². The third-order valence-corrected chi connectivity index (χ3v) is 2.86. The van der Waals surface area contributed by atoms with Crippen LogP contribution in [0, 0.1) is 0 Å². The van der Waals surface area contributed by atoms with Gasteiger partial charge in [0, 0.05) is 6.54 Å². The van der Waals surface area contributed by atoms with E-state index in [4.69, 9.17) is 4.74 Å². The highest BCUT2D eigenvalue weighted by molar-refractivity contribution is 5.81. The van der Waals surface area contributed by atoms with Gasteiger partial charge in [0.1, 0.15) is 5.60 Å². The fraction of sp³-hybridized carbons (Fsp3) is 0.533. The molecule has 1 aromatic carbocycles. The quantitative estimate of drug-likeness (QED) is 0.866. The SMILES string of the molecule is CC(C)(C)OC(=O)C(C)(NCc1ccccc1)C(F)(F)F. The van der Waals surface area contributed by atoms with Crippen LogP contribution < -0.4 is 5.32 Å². The molecule has 0 aromatic heterocycles. The van der Waals surface area contributed by atoms with Gasteiger partial charge in [0.25, 0.3) is 0 Å². The molecule has 6 heteroatoms. The number of alkyl halides is 3. The number of rotatable bonds is 4. The van der Waals surface area contributed by atoms with E-state index < -0.39 is 23.3 Å². The normalized spacial score (nSPS) is 15.4. The summed E-state index contributed by atoms with van der Waals surface area (Å²) in [6.45, 7) is 5.29. The minimum atomic E-state index is -4.76. The molecule has 0 saturated carbocycles. The molecular weight excluding hydrogens is 283 g/mol. The van der Waals surface area contributed by atoms with Crippen molar-refractivity contribution in [1.29, 1.82) is 0 Å². The zero-order valence-corrected chi connectivity index (χ0v) is 12.5. The van der Waals surface area contributed by atoms with E-state index in [0.29, 0.717) is 5.56 Å². The first kappa shape index (κ1) is 17.5. The highest BCUT2D eigenvalue weighted by atomic mass is 19.4. The number of carbonyl (C=O) groups is 1. The lowest BCUT2D eigenvalue weighted by molar-refractivity contribution is -0.216. The molecule has 1 aromatic rings. The van der Waals surface area contributed by atoms with Crippen molar-refractivity contribution in [3.8, 4) is 0 Å². The number of ether oxygens (including phenoxy) is 1. The Hall–Kier alpha value is -1.56. The highest BCUT2D eigenvalue weighted by Gasteiger charge is 2.58. The van der Waals surface area contributed by atoms with Gasteiger partial charge in [-0.15, -0.1) is 0 Å². The summed E-state index contributed by atoms with van der Waals surface area (Å²) in [6.07, 6.45) is -4.76. The molecule has 3 nitrogen and oxygen atoms in total. The third-order valence-electron chi connectivity index (χ3n) is 2.86. The van der Waals surface area contributed by atoms with Crippen LogP contribution in [0.4, 0.5) is 13.2 Å². The summed E-state index contributed by atoms with van der Waals surface area (Å²) in [5.41, 5.74) is -3.09. The Morgan fingerprint density at radius 3 is 2.05 bits per heavy atom. The van der Waals surface area contributed by atoms with E-state index in [1.165, 1.54) is 20.8 Å². The predicted octanol–water partition coefficient (Wildman–Crippen LogP) is 3.44. The van der Waals surface area contributed by atoms with Crippen molar-refractivity contribution < 1.29 is 22.7 Å². The molecular formula is C15H20F3NO2. The van der Waals surface area contributed by atoms with Crippen LogP contribution >= 0.6 is 0 Å². The molecule has 1 unspecified atom stereocenters. The minimum Gasteiger partial charge on any atom is -0.458 e. The average molecular weight is 303 g/mol. The number of nitrogens with one attached hydrogen (secondary N) is 1. The number of benzene rings is 1. The summed E-state index contributed by atoms with van der Waals surface area (Å²) < 4.78 is 44.7. The van der Waals surface area contributed by atoms with E-state index in [0.717, 1.165) is 6.92 Å². The summed E-state index contributed by atoms with van der Waals surface area (Å²) in [7, 11) is 0. The van der Waals surface area contributed by atoms with Crippen LogP contribution in [0.2, 0.25) is 0 Å². The first-order valence-electron chi connectivity index (χ1n) is 6.55. The first-order chi connectivity index (χ1) is 9.46. The van der Waals surface area contributed by atoms with E-state index in [1.807, 2.05) is 0 Å². The Morgan fingerprint density at radius 1 is 1.10 bits per heavy atom. The van der Waals surface area contributed by atoms with Crippen LogP contribution in [0.3, 0.4) is 0 Å². The molecule has 0 heterocycles. The van der Waals surface area contributed by atoms with Crippen molar-refractivity contribution in [3.63, 3.8) is 0 Å². The van der Waals surface area contributed by atoms with Crippen molar-refractivity contribution in [3.05, 3.63) is 35.9 Å². The fourth-order valence-corrected chi connectivity index (χ4v) is 1.54. The van der Waals surface area contributed by atoms with E-state index in [1.54, 1.807) is 30.3 Å². The number of carbonyl (C=O) groups excluding carboxylic acids is 1. The Kier molecular flexibility index (Phi) is 5.04. The summed E-state index contributed by atoms with van der Waals surface area (Å²) in [6, 6.07) is 8.56. The summed E-state index contributed by atoms with van der Waals surface area (Å²) in [5, 5.41) is 2.28. The van der Waals surface area contributed by atoms with Crippen molar-refractivity contribution in [2.24, 2.45) is 0 Å². The lowest BCUT2D eigenvalue weighted by Crippen LogP contribution is -2.61. The van der Waals surface area contributed by atoms with Gasteiger partial charge in [-0.05, 0) is 33.3 Å². The van der Waals surface area contributed by atoms with Crippen molar-refractivity contribution >= 4 is 5.97 Å². The average Bonchev–Trinajstić information content (AvgIpc) is 2.33. The van der Waals surface area contributed by atoms with E-state index in [-0.39, 0.29) is 6.54 Å². The Labute approximate surface area is 122 Å². The lowest BCUT2D eigenvalue weighted by atomic mass is 10.0. The first-order valence-corrected chi connectivity index (χ1v) is 6.55. The molecule has 0 amide bonds. The largest absolute Gasteiger partial charge is 0.458 e. The molecule has 0 saturated heterocycles. The highest BCUT2D eigenvalue weighted by Crippen LogP contribution is 2.32. The van der Waals surface area contributed by atoms with Crippen LogP contribution in [-0.4, -0.2) is 23.3 Å². The number of hydrogen-bond donors (Lipinski definition) is 1. The van der Waals surface area contributed by atoms with Gasteiger partial charge in [-0.2, -0.15) is 13.2 Å². The maximum atomic E-state index is 13.3. The van der Waals surface area contributed by atoms with Crippen LogP contribution in [0.5, 0.6) is 0 Å². The Balaban J connectivity index is 2.92. The van der Waals surface area contributed by atoms with Gasteiger partial charge in [-0.25, -0.2) is 4.79 Å². The van der Waals surface area contributed by atoms with Gasteiger partial charge in [0.15, 0.2) is 0 Å². The summed E-state index contributed by atoms with van der Waals surface area (Å²) in [4.78, 5) is 11.9. The van der Waals surface area contributed by atoms with Crippen LogP contribution in [0.1, 0.15) is 33.3 Å². The monoisotopic (exact) mass is 303 g/mol. The van der Waals surface area contributed by atoms with Gasteiger partial charge in [-0.1, -0.05) is 30.3 Å². The van der Waals surface area contributed by atoms with E-state index in [2.05, 4.69) is 5.32 Å². The van der Waals surface area contributed by atoms with Crippen LogP contribution in [-0.2, 0) is 16.1 Å². The van der Waals surface area contributed by atoms with Gasteiger partial charge < -0.3 is 4.74 Å². The van der Waals surface area contributed by atoms with Crippen molar-refractivity contribution in [1.82, 2.24) is 5.32 Å². The van der Waals surface area contributed by atoms with Crippen molar-refractivity contribution in [2.45, 2.75) is 51.6 Å².